The Kier molecular flexibility index (Phi) is 4.66. The summed E-state index contributed by atoms with van der Waals surface area (Å²) in [7, 11) is 0. The molecule has 4 nitrogen and oxygen atoms in total. The Morgan fingerprint density at radius 2 is 1.66 bits per heavy atom. The van der Waals surface area contributed by atoms with E-state index in [-0.39, 0.29) is 5.78 Å². The largest absolute Gasteiger partial charge is 0.489 e. The second-order valence-corrected chi connectivity index (χ2v) is 7.93. The van der Waals surface area contributed by atoms with Crippen molar-refractivity contribution in [3.8, 4) is 17.2 Å². The molecule has 1 saturated heterocycles. The zero-order chi connectivity index (χ0) is 19.6. The van der Waals surface area contributed by atoms with Crippen molar-refractivity contribution in [1.82, 2.24) is 0 Å². The van der Waals surface area contributed by atoms with E-state index in [1.165, 1.54) is 0 Å². The zero-order valence-electron chi connectivity index (χ0n) is 15.7. The third-order valence-electron chi connectivity index (χ3n) is 4.92. The monoisotopic (exact) mass is 401 g/mol. The summed E-state index contributed by atoms with van der Waals surface area (Å²) in [5.74, 6) is 2.75. The molecule has 0 N–H and O–H groups in total. The van der Waals surface area contributed by atoms with Crippen molar-refractivity contribution >= 4 is 32.9 Å². The highest BCUT2D eigenvalue weighted by Gasteiger charge is 2.23. The van der Waals surface area contributed by atoms with Crippen LogP contribution in [0.15, 0.2) is 78.2 Å². The smallest absolute Gasteiger partial charge is 0.171 e. The van der Waals surface area contributed by atoms with Gasteiger partial charge in [0.15, 0.2) is 5.78 Å². The van der Waals surface area contributed by atoms with E-state index in [1.54, 1.807) is 11.3 Å². The number of ether oxygens (including phenoxy) is 2. The highest BCUT2D eigenvalue weighted by Crippen LogP contribution is 2.37. The van der Waals surface area contributed by atoms with Crippen molar-refractivity contribution in [2.24, 2.45) is 0 Å². The van der Waals surface area contributed by atoms with Crippen molar-refractivity contribution in [3.63, 3.8) is 0 Å². The van der Waals surface area contributed by atoms with Crippen LogP contribution in [-0.2, 0) is 11.4 Å². The molecule has 144 valence electrons. The molecule has 0 radical (unpaired) electrons. The van der Waals surface area contributed by atoms with Gasteiger partial charge >= 0.3 is 0 Å². The van der Waals surface area contributed by atoms with Crippen LogP contribution in [0.3, 0.4) is 0 Å². The molecule has 0 spiro atoms. The Morgan fingerprint density at radius 3 is 2.41 bits per heavy atom. The maximum atomic E-state index is 11.1. The number of nitrogens with zero attached hydrogens (tertiary/aromatic N) is 1. The SMILES string of the molecule is O=C1CN(c2ccc(Oc3csc4cc(OCc5ccccc5)ccc34)cc2)C1. The molecule has 0 bridgehead atoms. The van der Waals surface area contributed by atoms with Gasteiger partial charge < -0.3 is 14.4 Å². The Bertz CT molecular complexity index is 1140. The number of fused-ring (bicyclic) bond motifs is 1. The molecule has 1 fully saturated rings. The molecule has 4 aromatic rings. The molecule has 2 heterocycles. The first-order valence-corrected chi connectivity index (χ1v) is 10.4. The molecule has 0 amide bonds. The summed E-state index contributed by atoms with van der Waals surface area (Å²) >= 11 is 1.64. The molecule has 29 heavy (non-hydrogen) atoms. The summed E-state index contributed by atoms with van der Waals surface area (Å²) in [6, 6.07) is 24.1. The minimum absolute atomic E-state index is 0.280. The van der Waals surface area contributed by atoms with Crippen molar-refractivity contribution in [1.29, 1.82) is 0 Å². The molecule has 0 aliphatic carbocycles. The number of ketones is 1. The van der Waals surface area contributed by atoms with Gasteiger partial charge in [0.25, 0.3) is 0 Å². The first kappa shape index (κ1) is 17.8. The Labute approximate surface area is 172 Å². The van der Waals surface area contributed by atoms with Crippen LogP contribution >= 0.6 is 11.3 Å². The predicted molar refractivity (Wildman–Crippen MR) is 116 cm³/mol. The Balaban J connectivity index is 1.28. The number of rotatable bonds is 6. The second-order valence-electron chi connectivity index (χ2n) is 7.02. The van der Waals surface area contributed by atoms with Gasteiger partial charge in [-0.15, -0.1) is 11.3 Å². The minimum atomic E-state index is 0.280. The topological polar surface area (TPSA) is 38.8 Å². The summed E-state index contributed by atoms with van der Waals surface area (Å²) in [5, 5.41) is 3.09. The van der Waals surface area contributed by atoms with E-state index < -0.39 is 0 Å². The molecule has 1 aliphatic heterocycles. The maximum Gasteiger partial charge on any atom is 0.171 e. The third-order valence-corrected chi connectivity index (χ3v) is 5.85. The molecule has 3 aromatic carbocycles. The summed E-state index contributed by atoms with van der Waals surface area (Å²) in [5.41, 5.74) is 2.20. The first-order valence-electron chi connectivity index (χ1n) is 9.47. The van der Waals surface area contributed by atoms with E-state index in [2.05, 4.69) is 18.2 Å². The van der Waals surface area contributed by atoms with Gasteiger partial charge in [0.2, 0.25) is 0 Å². The first-order chi connectivity index (χ1) is 14.2. The van der Waals surface area contributed by atoms with E-state index >= 15 is 0 Å². The molecule has 5 rings (SSSR count). The van der Waals surface area contributed by atoms with Gasteiger partial charge in [0.05, 0.1) is 13.1 Å². The molecule has 0 saturated carbocycles. The van der Waals surface area contributed by atoms with Crippen LogP contribution in [-0.4, -0.2) is 18.9 Å². The number of benzene rings is 3. The molecule has 5 heteroatoms. The van der Waals surface area contributed by atoms with Gasteiger partial charge in [-0.25, -0.2) is 0 Å². The number of hydrogen-bond acceptors (Lipinski definition) is 5. The van der Waals surface area contributed by atoms with Gasteiger partial charge in [0, 0.05) is 21.2 Å². The van der Waals surface area contributed by atoms with Crippen molar-refractivity contribution in [2.45, 2.75) is 6.61 Å². The summed E-state index contributed by atoms with van der Waals surface area (Å²) in [6.07, 6.45) is 0. The number of Topliss-reactive ketones (excluding diaryl/α,β-unsaturated/α-hetero) is 1. The Morgan fingerprint density at radius 1 is 0.897 bits per heavy atom. The van der Waals surface area contributed by atoms with Crippen molar-refractivity contribution in [3.05, 3.63) is 83.7 Å². The lowest BCUT2D eigenvalue weighted by molar-refractivity contribution is -0.119. The highest BCUT2D eigenvalue weighted by molar-refractivity contribution is 7.17. The maximum absolute atomic E-state index is 11.1. The number of anilines is 1. The van der Waals surface area contributed by atoms with E-state index in [4.69, 9.17) is 9.47 Å². The van der Waals surface area contributed by atoms with Crippen LogP contribution in [0.5, 0.6) is 17.2 Å². The quantitative estimate of drug-likeness (QED) is 0.418. The van der Waals surface area contributed by atoms with Crippen LogP contribution in [0.1, 0.15) is 5.56 Å². The number of thiophene rings is 1. The highest BCUT2D eigenvalue weighted by atomic mass is 32.1. The van der Waals surface area contributed by atoms with Crippen LogP contribution in [0.25, 0.3) is 10.1 Å². The summed E-state index contributed by atoms with van der Waals surface area (Å²) in [6.45, 7) is 1.56. The number of hydrogen-bond donors (Lipinski definition) is 0. The van der Waals surface area contributed by atoms with Crippen molar-refractivity contribution < 1.29 is 14.3 Å². The lowest BCUT2D eigenvalue weighted by atomic mass is 10.1. The van der Waals surface area contributed by atoms with Crippen LogP contribution in [0, 0.1) is 0 Å². The molecule has 0 unspecified atom stereocenters. The standard InChI is InChI=1S/C24H19NO3S/c26-19-13-25(14-19)18-6-8-20(9-7-18)28-23-16-29-24-12-21(10-11-22(23)24)27-15-17-4-2-1-3-5-17/h1-12,16H,13-15H2. The number of carbonyl (C=O) groups excluding carboxylic acids is 1. The van der Waals surface area contributed by atoms with Gasteiger partial charge in [-0.05, 0) is 48.0 Å². The second kappa shape index (κ2) is 7.60. The zero-order valence-corrected chi connectivity index (χ0v) is 16.5. The fraction of sp³-hybridized carbons (Fsp3) is 0.125. The fourth-order valence-electron chi connectivity index (χ4n) is 3.31. The lowest BCUT2D eigenvalue weighted by Gasteiger charge is -2.31. The van der Waals surface area contributed by atoms with Gasteiger partial charge in [-0.3, -0.25) is 4.79 Å². The third kappa shape index (κ3) is 3.82. The van der Waals surface area contributed by atoms with E-state index in [0.717, 1.165) is 38.6 Å². The summed E-state index contributed by atoms with van der Waals surface area (Å²) < 4.78 is 13.1. The predicted octanol–water partition coefficient (Wildman–Crippen LogP) is 5.66. The average molecular weight is 401 g/mol. The van der Waals surface area contributed by atoms with E-state index in [0.29, 0.717) is 19.7 Å². The van der Waals surface area contributed by atoms with Crippen LogP contribution in [0.2, 0.25) is 0 Å². The Hall–Kier alpha value is -3.31. The minimum Gasteiger partial charge on any atom is -0.489 e. The van der Waals surface area contributed by atoms with E-state index in [1.807, 2.05) is 64.9 Å². The molecule has 1 aliphatic rings. The summed E-state index contributed by atoms with van der Waals surface area (Å²) in [4.78, 5) is 13.2. The van der Waals surface area contributed by atoms with Gasteiger partial charge in [0.1, 0.15) is 23.9 Å². The normalized spacial score (nSPS) is 13.4. The molecule has 1 aromatic heterocycles. The van der Waals surface area contributed by atoms with E-state index in [9.17, 15) is 4.79 Å². The molecular weight excluding hydrogens is 382 g/mol. The fourth-order valence-corrected chi connectivity index (χ4v) is 4.20. The van der Waals surface area contributed by atoms with Crippen LogP contribution in [0.4, 0.5) is 5.69 Å². The molecular formula is C24H19NO3S. The van der Waals surface area contributed by atoms with Crippen LogP contribution < -0.4 is 14.4 Å². The van der Waals surface area contributed by atoms with Gasteiger partial charge in [-0.1, -0.05) is 30.3 Å². The average Bonchev–Trinajstić information content (AvgIpc) is 3.13. The van der Waals surface area contributed by atoms with Crippen molar-refractivity contribution in [2.75, 3.05) is 18.0 Å². The lowest BCUT2D eigenvalue weighted by Crippen LogP contribution is -2.47. The number of carbonyl (C=O) groups is 1. The van der Waals surface area contributed by atoms with Gasteiger partial charge in [-0.2, -0.15) is 0 Å². The molecule has 0 atom stereocenters.